The summed E-state index contributed by atoms with van der Waals surface area (Å²) in [4.78, 5) is 0. The maximum Gasteiger partial charge on any atom is 0.0697 e. The number of hydrogen-bond donors (Lipinski definition) is 1. The van der Waals surface area contributed by atoms with E-state index in [2.05, 4.69) is 27.8 Å². The van der Waals surface area contributed by atoms with Crippen LogP contribution in [0.25, 0.3) is 5.69 Å². The summed E-state index contributed by atoms with van der Waals surface area (Å²) < 4.78 is 1.77. The van der Waals surface area contributed by atoms with Gasteiger partial charge >= 0.3 is 0 Å². The lowest BCUT2D eigenvalue weighted by Gasteiger charge is -2.27. The highest BCUT2D eigenvalue weighted by molar-refractivity contribution is 5.51. The molecule has 82 valence electrons. The van der Waals surface area contributed by atoms with Crippen molar-refractivity contribution in [3.8, 4) is 5.69 Å². The molecule has 0 spiro atoms. The Labute approximate surface area is 94.3 Å². The predicted octanol–water partition coefficient (Wildman–Crippen LogP) is 2.23. The van der Waals surface area contributed by atoms with Crippen LogP contribution in [0.3, 0.4) is 0 Å². The summed E-state index contributed by atoms with van der Waals surface area (Å²) >= 11 is 0. The van der Waals surface area contributed by atoms with E-state index >= 15 is 0 Å². The van der Waals surface area contributed by atoms with Gasteiger partial charge in [-0.1, -0.05) is 11.3 Å². The van der Waals surface area contributed by atoms with Crippen molar-refractivity contribution in [2.45, 2.75) is 25.3 Å². The third-order valence-electron chi connectivity index (χ3n) is 3.01. The van der Waals surface area contributed by atoms with Gasteiger partial charge in [-0.05, 0) is 37.5 Å². The van der Waals surface area contributed by atoms with Crippen molar-refractivity contribution >= 4 is 5.69 Å². The van der Waals surface area contributed by atoms with E-state index in [9.17, 15) is 0 Å². The van der Waals surface area contributed by atoms with Crippen LogP contribution in [-0.2, 0) is 0 Å². The molecule has 4 nitrogen and oxygen atoms in total. The average molecular weight is 214 g/mol. The SMILES string of the molecule is c1cc(NC2CCC2)cc(-n2ccnn2)c1. The Kier molecular flexibility index (Phi) is 2.33. The lowest BCUT2D eigenvalue weighted by molar-refractivity contribution is 0.445. The largest absolute Gasteiger partial charge is 0.382 e. The maximum atomic E-state index is 3.98. The van der Waals surface area contributed by atoms with Crippen LogP contribution in [0.15, 0.2) is 36.7 Å². The fraction of sp³-hybridized carbons (Fsp3) is 0.333. The fourth-order valence-corrected chi connectivity index (χ4v) is 1.87. The van der Waals surface area contributed by atoms with E-state index in [0.29, 0.717) is 6.04 Å². The Morgan fingerprint density at radius 3 is 2.94 bits per heavy atom. The second-order valence-electron chi connectivity index (χ2n) is 4.17. The molecule has 1 saturated carbocycles. The third-order valence-corrected chi connectivity index (χ3v) is 3.01. The van der Waals surface area contributed by atoms with Crippen LogP contribution >= 0.6 is 0 Å². The number of benzene rings is 1. The van der Waals surface area contributed by atoms with E-state index in [0.717, 1.165) is 11.4 Å². The topological polar surface area (TPSA) is 42.7 Å². The normalized spacial score (nSPS) is 15.8. The van der Waals surface area contributed by atoms with Crippen LogP contribution in [0.4, 0.5) is 5.69 Å². The van der Waals surface area contributed by atoms with Crippen LogP contribution < -0.4 is 5.32 Å². The van der Waals surface area contributed by atoms with Gasteiger partial charge in [0.05, 0.1) is 18.1 Å². The number of nitrogens with one attached hydrogen (secondary N) is 1. The molecule has 1 N–H and O–H groups in total. The molecular formula is C12H14N4. The van der Waals surface area contributed by atoms with Crippen LogP contribution in [0.2, 0.25) is 0 Å². The number of hydrogen-bond acceptors (Lipinski definition) is 3. The Morgan fingerprint density at radius 1 is 1.31 bits per heavy atom. The first-order valence-corrected chi connectivity index (χ1v) is 5.65. The van der Waals surface area contributed by atoms with Crippen molar-refractivity contribution in [3.05, 3.63) is 36.7 Å². The Hall–Kier alpha value is -1.84. The van der Waals surface area contributed by atoms with E-state index in [1.807, 2.05) is 18.3 Å². The number of anilines is 1. The van der Waals surface area contributed by atoms with Gasteiger partial charge in [0.15, 0.2) is 0 Å². The summed E-state index contributed by atoms with van der Waals surface area (Å²) in [5.41, 5.74) is 2.21. The molecule has 0 atom stereocenters. The van der Waals surface area contributed by atoms with Crippen LogP contribution in [0.1, 0.15) is 19.3 Å². The second-order valence-corrected chi connectivity index (χ2v) is 4.17. The minimum Gasteiger partial charge on any atom is -0.382 e. The fourth-order valence-electron chi connectivity index (χ4n) is 1.87. The van der Waals surface area contributed by atoms with E-state index in [1.165, 1.54) is 19.3 Å². The Bertz CT molecular complexity index is 460. The zero-order chi connectivity index (χ0) is 10.8. The quantitative estimate of drug-likeness (QED) is 0.852. The minimum atomic E-state index is 0.658. The molecular weight excluding hydrogens is 200 g/mol. The lowest BCUT2D eigenvalue weighted by atomic mass is 9.93. The molecule has 1 fully saturated rings. The standard InChI is InChI=1S/C12H14N4/c1-3-10(4-1)14-11-5-2-6-12(9-11)16-8-7-13-15-16/h2,5-10,14H,1,3-4H2. The van der Waals surface area contributed by atoms with Gasteiger partial charge in [0.25, 0.3) is 0 Å². The number of nitrogens with zero attached hydrogens (tertiary/aromatic N) is 3. The predicted molar refractivity (Wildman–Crippen MR) is 62.6 cm³/mol. The van der Waals surface area contributed by atoms with Gasteiger partial charge in [0.1, 0.15) is 0 Å². The van der Waals surface area contributed by atoms with Gasteiger partial charge in [-0.2, -0.15) is 0 Å². The first kappa shape index (κ1) is 9.39. The van der Waals surface area contributed by atoms with Crippen molar-refractivity contribution in [2.24, 2.45) is 0 Å². The highest BCUT2D eigenvalue weighted by Crippen LogP contribution is 2.24. The van der Waals surface area contributed by atoms with Crippen LogP contribution in [0, 0.1) is 0 Å². The molecule has 1 aliphatic carbocycles. The monoisotopic (exact) mass is 214 g/mol. The van der Waals surface area contributed by atoms with Gasteiger partial charge in [-0.25, -0.2) is 4.68 Å². The van der Waals surface area contributed by atoms with Crippen molar-refractivity contribution in [3.63, 3.8) is 0 Å². The molecule has 16 heavy (non-hydrogen) atoms. The van der Waals surface area contributed by atoms with E-state index in [-0.39, 0.29) is 0 Å². The summed E-state index contributed by atoms with van der Waals surface area (Å²) in [5.74, 6) is 0. The summed E-state index contributed by atoms with van der Waals surface area (Å²) in [7, 11) is 0. The highest BCUT2D eigenvalue weighted by Gasteiger charge is 2.16. The maximum absolute atomic E-state index is 3.98. The summed E-state index contributed by atoms with van der Waals surface area (Å²) in [6.45, 7) is 0. The van der Waals surface area contributed by atoms with Gasteiger partial charge in [0, 0.05) is 11.7 Å². The smallest absolute Gasteiger partial charge is 0.0697 e. The van der Waals surface area contributed by atoms with Crippen LogP contribution in [0.5, 0.6) is 0 Å². The highest BCUT2D eigenvalue weighted by atomic mass is 15.4. The summed E-state index contributed by atoms with van der Waals surface area (Å²) in [6.07, 6.45) is 7.45. The van der Waals surface area contributed by atoms with Crippen molar-refractivity contribution in [1.29, 1.82) is 0 Å². The molecule has 0 amide bonds. The van der Waals surface area contributed by atoms with Crippen molar-refractivity contribution in [2.75, 3.05) is 5.32 Å². The van der Waals surface area contributed by atoms with Gasteiger partial charge in [-0.3, -0.25) is 0 Å². The molecule has 0 saturated heterocycles. The summed E-state index contributed by atoms with van der Waals surface area (Å²) in [6, 6.07) is 8.93. The molecule has 1 aromatic carbocycles. The zero-order valence-electron chi connectivity index (χ0n) is 9.00. The first-order chi connectivity index (χ1) is 7.92. The Morgan fingerprint density at radius 2 is 2.25 bits per heavy atom. The molecule has 0 unspecified atom stereocenters. The summed E-state index contributed by atoms with van der Waals surface area (Å²) in [5, 5.41) is 11.3. The van der Waals surface area contributed by atoms with E-state index in [4.69, 9.17) is 0 Å². The molecule has 4 heteroatoms. The molecule has 1 aliphatic rings. The van der Waals surface area contributed by atoms with Gasteiger partial charge in [-0.15, -0.1) is 5.10 Å². The molecule has 0 aliphatic heterocycles. The lowest BCUT2D eigenvalue weighted by Crippen LogP contribution is -2.26. The van der Waals surface area contributed by atoms with E-state index in [1.54, 1.807) is 10.9 Å². The molecule has 2 aromatic rings. The van der Waals surface area contributed by atoms with Crippen LogP contribution in [-0.4, -0.2) is 21.0 Å². The first-order valence-electron chi connectivity index (χ1n) is 5.65. The number of aromatic nitrogens is 3. The Balaban J connectivity index is 1.82. The number of rotatable bonds is 3. The zero-order valence-corrected chi connectivity index (χ0v) is 9.00. The average Bonchev–Trinajstić information content (AvgIpc) is 2.77. The minimum absolute atomic E-state index is 0.658. The van der Waals surface area contributed by atoms with Gasteiger partial charge < -0.3 is 5.32 Å². The molecule has 1 aromatic heterocycles. The van der Waals surface area contributed by atoms with Crippen molar-refractivity contribution in [1.82, 2.24) is 15.0 Å². The molecule has 3 rings (SSSR count). The van der Waals surface area contributed by atoms with Gasteiger partial charge in [0.2, 0.25) is 0 Å². The molecule has 0 bridgehead atoms. The third kappa shape index (κ3) is 1.78. The van der Waals surface area contributed by atoms with E-state index < -0.39 is 0 Å². The van der Waals surface area contributed by atoms with Crippen molar-refractivity contribution < 1.29 is 0 Å². The molecule has 0 radical (unpaired) electrons. The molecule has 1 heterocycles. The second kappa shape index (κ2) is 3.96.